The third-order valence-corrected chi connectivity index (χ3v) is 7.80. The number of nitrogens with zero attached hydrogens (tertiary/aromatic N) is 2. The lowest BCUT2D eigenvalue weighted by atomic mass is 9.84. The topological polar surface area (TPSA) is 40.6 Å². The molecule has 0 bridgehead atoms. The molecule has 0 aromatic heterocycles. The molecule has 2 saturated carbocycles. The summed E-state index contributed by atoms with van der Waals surface area (Å²) in [6.45, 7) is 3.02. The molecule has 0 N–H and O–H groups in total. The quantitative estimate of drug-likeness (QED) is 0.796. The molecule has 4 aliphatic rings. The standard InChI is InChI=1S/C24H32N2O2/c1-16-8-7-13-25(16)24(28)22-14-18-11-5-6-12-21(18)26(22)23(27)20-15-19(20)17-9-3-2-4-10-17/h2-4,9-10,16,18-22H,5-8,11-15H2,1H3/t16?,18-,19+,20+,21-,22-/m0/s1. The third-order valence-electron chi connectivity index (χ3n) is 7.80. The van der Waals surface area contributed by atoms with E-state index in [1.807, 2.05) is 6.07 Å². The predicted molar refractivity (Wildman–Crippen MR) is 109 cm³/mol. The molecule has 0 radical (unpaired) electrons. The Balaban J connectivity index is 1.38. The van der Waals surface area contributed by atoms with E-state index in [1.54, 1.807) is 0 Å². The van der Waals surface area contributed by atoms with Gasteiger partial charge in [-0.05, 0) is 62.8 Å². The second-order valence-electron chi connectivity index (χ2n) is 9.49. The van der Waals surface area contributed by atoms with Crippen LogP contribution in [-0.2, 0) is 9.59 Å². The summed E-state index contributed by atoms with van der Waals surface area (Å²) in [5.74, 6) is 1.43. The Morgan fingerprint density at radius 2 is 1.71 bits per heavy atom. The van der Waals surface area contributed by atoms with Crippen molar-refractivity contribution in [1.82, 2.24) is 9.80 Å². The van der Waals surface area contributed by atoms with Crippen LogP contribution in [0.3, 0.4) is 0 Å². The first-order chi connectivity index (χ1) is 13.6. The first-order valence-corrected chi connectivity index (χ1v) is 11.3. The first kappa shape index (κ1) is 18.2. The van der Waals surface area contributed by atoms with Gasteiger partial charge in [-0.15, -0.1) is 0 Å². The highest BCUT2D eigenvalue weighted by atomic mass is 16.2. The minimum atomic E-state index is -0.210. The number of likely N-dealkylation sites (tertiary alicyclic amines) is 2. The molecular formula is C24H32N2O2. The van der Waals surface area contributed by atoms with Gasteiger partial charge < -0.3 is 9.80 Å². The Hall–Kier alpha value is -1.84. The van der Waals surface area contributed by atoms with Crippen molar-refractivity contribution in [2.45, 2.75) is 82.3 Å². The molecule has 5 rings (SSSR count). The molecule has 2 aliphatic carbocycles. The van der Waals surface area contributed by atoms with E-state index in [4.69, 9.17) is 0 Å². The van der Waals surface area contributed by atoms with Crippen LogP contribution < -0.4 is 0 Å². The maximum atomic E-state index is 13.6. The van der Waals surface area contributed by atoms with Gasteiger partial charge in [-0.25, -0.2) is 0 Å². The van der Waals surface area contributed by atoms with Gasteiger partial charge in [0.25, 0.3) is 0 Å². The second-order valence-corrected chi connectivity index (χ2v) is 9.49. The largest absolute Gasteiger partial charge is 0.338 e. The zero-order chi connectivity index (χ0) is 19.3. The van der Waals surface area contributed by atoms with Crippen molar-refractivity contribution in [2.24, 2.45) is 11.8 Å². The number of amides is 2. The maximum Gasteiger partial charge on any atom is 0.245 e. The van der Waals surface area contributed by atoms with Gasteiger partial charge in [-0.2, -0.15) is 0 Å². The zero-order valence-corrected chi connectivity index (χ0v) is 16.9. The average molecular weight is 381 g/mol. The normalized spacial score (nSPS) is 37.0. The van der Waals surface area contributed by atoms with Crippen LogP contribution in [0.15, 0.2) is 30.3 Å². The van der Waals surface area contributed by atoms with Crippen molar-refractivity contribution < 1.29 is 9.59 Å². The van der Waals surface area contributed by atoms with E-state index in [2.05, 4.69) is 41.0 Å². The number of benzene rings is 1. The molecule has 2 saturated heterocycles. The monoisotopic (exact) mass is 380 g/mol. The maximum absolute atomic E-state index is 13.6. The zero-order valence-electron chi connectivity index (χ0n) is 16.9. The summed E-state index contributed by atoms with van der Waals surface area (Å²) in [4.78, 5) is 31.2. The SMILES string of the molecule is CC1CCCN1C(=O)[C@@H]1C[C@@H]2CCCC[C@@H]2N1C(=O)[C@@H]1C[C@@H]1c1ccccc1. The minimum Gasteiger partial charge on any atom is -0.338 e. The third kappa shape index (κ3) is 3.05. The van der Waals surface area contributed by atoms with E-state index in [0.717, 1.165) is 38.6 Å². The summed E-state index contributed by atoms with van der Waals surface area (Å²) >= 11 is 0. The fourth-order valence-electron chi connectivity index (χ4n) is 6.18. The minimum absolute atomic E-state index is 0.0781. The lowest BCUT2D eigenvalue weighted by Crippen LogP contribution is -2.52. The van der Waals surface area contributed by atoms with Crippen LogP contribution in [0.1, 0.15) is 69.8 Å². The van der Waals surface area contributed by atoms with Crippen LogP contribution in [0.5, 0.6) is 0 Å². The summed E-state index contributed by atoms with van der Waals surface area (Å²) in [5.41, 5.74) is 1.27. The molecule has 0 spiro atoms. The highest BCUT2D eigenvalue weighted by Crippen LogP contribution is 2.51. The van der Waals surface area contributed by atoms with Crippen LogP contribution in [0, 0.1) is 11.8 Å². The van der Waals surface area contributed by atoms with Gasteiger partial charge in [0.15, 0.2) is 0 Å². The summed E-state index contributed by atoms with van der Waals surface area (Å²) in [6, 6.07) is 10.8. The van der Waals surface area contributed by atoms with Gasteiger partial charge >= 0.3 is 0 Å². The van der Waals surface area contributed by atoms with Crippen molar-refractivity contribution in [3.05, 3.63) is 35.9 Å². The summed E-state index contributed by atoms with van der Waals surface area (Å²) < 4.78 is 0. The van der Waals surface area contributed by atoms with Crippen LogP contribution in [0.4, 0.5) is 0 Å². The number of hydrogen-bond donors (Lipinski definition) is 0. The lowest BCUT2D eigenvalue weighted by Gasteiger charge is -2.35. The molecule has 4 nitrogen and oxygen atoms in total. The van der Waals surface area contributed by atoms with Crippen molar-refractivity contribution in [1.29, 1.82) is 0 Å². The van der Waals surface area contributed by atoms with E-state index >= 15 is 0 Å². The highest BCUT2D eigenvalue weighted by Gasteiger charge is 2.54. The van der Waals surface area contributed by atoms with Gasteiger partial charge in [0, 0.05) is 24.5 Å². The number of carbonyl (C=O) groups excluding carboxylic acids is 2. The average Bonchev–Trinajstić information content (AvgIpc) is 3.26. The number of rotatable bonds is 3. The molecular weight excluding hydrogens is 348 g/mol. The van der Waals surface area contributed by atoms with Crippen molar-refractivity contribution in [3.8, 4) is 0 Å². The Labute approximate surface area is 168 Å². The van der Waals surface area contributed by atoms with E-state index < -0.39 is 0 Å². The van der Waals surface area contributed by atoms with Gasteiger partial charge in [0.05, 0.1) is 0 Å². The van der Waals surface area contributed by atoms with E-state index in [-0.39, 0.29) is 23.8 Å². The molecule has 2 amide bonds. The summed E-state index contributed by atoms with van der Waals surface area (Å²) in [7, 11) is 0. The second kappa shape index (κ2) is 7.20. The van der Waals surface area contributed by atoms with Crippen LogP contribution in [0.2, 0.25) is 0 Å². The summed E-state index contributed by atoms with van der Waals surface area (Å²) in [6.07, 6.45) is 8.73. The lowest BCUT2D eigenvalue weighted by molar-refractivity contribution is -0.147. The first-order valence-electron chi connectivity index (χ1n) is 11.3. The van der Waals surface area contributed by atoms with E-state index in [9.17, 15) is 9.59 Å². The molecule has 2 heterocycles. The van der Waals surface area contributed by atoms with E-state index in [0.29, 0.717) is 23.9 Å². The molecule has 6 atom stereocenters. The summed E-state index contributed by atoms with van der Waals surface area (Å²) in [5, 5.41) is 0. The van der Waals surface area contributed by atoms with Crippen molar-refractivity contribution >= 4 is 11.8 Å². The Morgan fingerprint density at radius 1 is 0.929 bits per heavy atom. The van der Waals surface area contributed by atoms with Gasteiger partial charge in [0.1, 0.15) is 6.04 Å². The fourth-order valence-corrected chi connectivity index (χ4v) is 6.18. The molecule has 4 fully saturated rings. The Bertz CT molecular complexity index is 748. The molecule has 28 heavy (non-hydrogen) atoms. The molecule has 2 aliphatic heterocycles. The molecule has 150 valence electrons. The van der Waals surface area contributed by atoms with Gasteiger partial charge in [0.2, 0.25) is 11.8 Å². The Kier molecular flexibility index (Phi) is 4.68. The Morgan fingerprint density at radius 3 is 2.46 bits per heavy atom. The van der Waals surface area contributed by atoms with Crippen LogP contribution >= 0.6 is 0 Å². The van der Waals surface area contributed by atoms with E-state index in [1.165, 1.54) is 24.8 Å². The predicted octanol–water partition coefficient (Wildman–Crippen LogP) is 3.96. The number of carbonyl (C=O) groups is 2. The molecule has 1 aromatic carbocycles. The van der Waals surface area contributed by atoms with Crippen LogP contribution in [0.25, 0.3) is 0 Å². The van der Waals surface area contributed by atoms with Gasteiger partial charge in [-0.1, -0.05) is 43.2 Å². The van der Waals surface area contributed by atoms with Gasteiger partial charge in [-0.3, -0.25) is 9.59 Å². The fraction of sp³-hybridized carbons (Fsp3) is 0.667. The molecule has 1 unspecified atom stereocenters. The molecule has 4 heteroatoms. The number of hydrogen-bond acceptors (Lipinski definition) is 2. The van der Waals surface area contributed by atoms with Crippen molar-refractivity contribution in [2.75, 3.05) is 6.54 Å². The van der Waals surface area contributed by atoms with Crippen LogP contribution in [-0.4, -0.2) is 46.3 Å². The molecule has 1 aromatic rings. The highest BCUT2D eigenvalue weighted by molar-refractivity contribution is 5.91. The van der Waals surface area contributed by atoms with Crippen molar-refractivity contribution in [3.63, 3.8) is 0 Å². The smallest absolute Gasteiger partial charge is 0.245 e. The number of fused-ring (bicyclic) bond motifs is 1.